The summed E-state index contributed by atoms with van der Waals surface area (Å²) in [5.41, 5.74) is 0.531. The van der Waals surface area contributed by atoms with Crippen LogP contribution in [0.3, 0.4) is 0 Å². The molecule has 0 atom stereocenters. The fraction of sp³-hybridized carbons (Fsp3) is 0.214. The largest absolute Gasteiger partial charge is 0.495 e. The predicted octanol–water partition coefficient (Wildman–Crippen LogP) is 1.81. The molecular formula is C14H13NO6. The first-order valence-electron chi connectivity index (χ1n) is 5.92. The molecule has 7 nitrogen and oxygen atoms in total. The van der Waals surface area contributed by atoms with Crippen LogP contribution in [-0.2, 0) is 14.3 Å². The second-order valence-corrected chi connectivity index (χ2v) is 3.89. The van der Waals surface area contributed by atoms with Gasteiger partial charge in [-0.2, -0.15) is 0 Å². The maximum atomic E-state index is 11.9. The van der Waals surface area contributed by atoms with Crippen LogP contribution < -0.4 is 4.74 Å². The number of aromatic nitrogens is 1. The van der Waals surface area contributed by atoms with Crippen LogP contribution in [0.4, 0.5) is 0 Å². The number of hydrogen-bond donors (Lipinski definition) is 0. The van der Waals surface area contributed by atoms with Gasteiger partial charge in [-0.3, -0.25) is 0 Å². The second-order valence-electron chi connectivity index (χ2n) is 3.89. The minimum absolute atomic E-state index is 0.0167. The van der Waals surface area contributed by atoms with E-state index in [4.69, 9.17) is 9.15 Å². The Labute approximate surface area is 120 Å². The van der Waals surface area contributed by atoms with Gasteiger partial charge in [0.1, 0.15) is 5.75 Å². The molecule has 0 aromatic carbocycles. The van der Waals surface area contributed by atoms with Crippen LogP contribution in [-0.4, -0.2) is 38.3 Å². The Kier molecular flexibility index (Phi) is 4.22. The van der Waals surface area contributed by atoms with E-state index in [9.17, 15) is 9.59 Å². The molecule has 0 fully saturated rings. The Bertz CT molecular complexity index is 716. The van der Waals surface area contributed by atoms with E-state index in [0.717, 1.165) is 6.08 Å². The van der Waals surface area contributed by atoms with Crippen LogP contribution in [0.25, 0.3) is 17.2 Å². The van der Waals surface area contributed by atoms with Gasteiger partial charge in [-0.1, -0.05) is 0 Å². The number of rotatable bonds is 4. The summed E-state index contributed by atoms with van der Waals surface area (Å²) in [6.07, 6.45) is 3.98. The van der Waals surface area contributed by atoms with Gasteiger partial charge in [0, 0.05) is 6.08 Å². The summed E-state index contributed by atoms with van der Waals surface area (Å²) in [6, 6.07) is 1.65. The number of carbonyl (C=O) groups excluding carboxylic acids is 2. The number of ether oxygens (including phenoxy) is 3. The predicted molar refractivity (Wildman–Crippen MR) is 73.0 cm³/mol. The van der Waals surface area contributed by atoms with E-state index in [0.29, 0.717) is 16.7 Å². The van der Waals surface area contributed by atoms with E-state index < -0.39 is 11.9 Å². The lowest BCUT2D eigenvalue weighted by Gasteiger charge is -2.09. The first-order chi connectivity index (χ1) is 10.1. The van der Waals surface area contributed by atoms with Crippen LogP contribution in [0.15, 0.2) is 22.8 Å². The fourth-order valence-corrected chi connectivity index (χ4v) is 1.82. The monoisotopic (exact) mass is 291 g/mol. The van der Waals surface area contributed by atoms with Crippen molar-refractivity contribution in [1.82, 2.24) is 4.98 Å². The van der Waals surface area contributed by atoms with Gasteiger partial charge in [0.05, 0.1) is 38.5 Å². The van der Waals surface area contributed by atoms with Crippen LogP contribution in [0.2, 0.25) is 0 Å². The molecule has 21 heavy (non-hydrogen) atoms. The van der Waals surface area contributed by atoms with Gasteiger partial charge >= 0.3 is 11.9 Å². The Morgan fingerprint density at radius 3 is 2.62 bits per heavy atom. The highest BCUT2D eigenvalue weighted by molar-refractivity contribution is 6.00. The van der Waals surface area contributed by atoms with Gasteiger partial charge in [-0.25, -0.2) is 14.6 Å². The minimum atomic E-state index is -0.670. The molecule has 110 valence electrons. The number of carbonyl (C=O) groups is 2. The highest BCUT2D eigenvalue weighted by Crippen LogP contribution is 2.32. The van der Waals surface area contributed by atoms with E-state index in [1.54, 1.807) is 6.07 Å². The Balaban J connectivity index is 2.70. The molecule has 0 bridgehead atoms. The van der Waals surface area contributed by atoms with E-state index in [1.807, 2.05) is 0 Å². The SMILES string of the molecule is COC(=O)C=Cc1c(C(=O)OC)nc2occc2c1OC. The number of esters is 2. The first-order valence-corrected chi connectivity index (χ1v) is 5.92. The zero-order valence-electron chi connectivity index (χ0n) is 11.7. The molecule has 0 saturated heterocycles. The third-order valence-electron chi connectivity index (χ3n) is 2.77. The molecule has 0 N–H and O–H groups in total. The third kappa shape index (κ3) is 2.71. The van der Waals surface area contributed by atoms with Crippen LogP contribution in [0.1, 0.15) is 16.1 Å². The van der Waals surface area contributed by atoms with Gasteiger partial charge in [-0.05, 0) is 12.1 Å². The summed E-state index contributed by atoms with van der Waals surface area (Å²) in [5.74, 6) is -0.884. The van der Waals surface area contributed by atoms with Crippen molar-refractivity contribution < 1.29 is 28.2 Å². The van der Waals surface area contributed by atoms with Crippen LogP contribution >= 0.6 is 0 Å². The smallest absolute Gasteiger partial charge is 0.357 e. The summed E-state index contributed by atoms with van der Waals surface area (Å²) in [4.78, 5) is 27.2. The van der Waals surface area contributed by atoms with Crippen molar-refractivity contribution >= 4 is 29.1 Å². The van der Waals surface area contributed by atoms with Crippen molar-refractivity contribution in [1.29, 1.82) is 0 Å². The lowest BCUT2D eigenvalue weighted by atomic mass is 10.1. The summed E-state index contributed by atoms with van der Waals surface area (Å²) in [5, 5.41) is 0.578. The molecule has 0 radical (unpaired) electrons. The summed E-state index contributed by atoms with van der Waals surface area (Å²) in [6.45, 7) is 0. The van der Waals surface area contributed by atoms with Crippen LogP contribution in [0.5, 0.6) is 5.75 Å². The second kappa shape index (κ2) is 6.08. The molecule has 2 heterocycles. The average Bonchev–Trinajstić information content (AvgIpc) is 2.98. The van der Waals surface area contributed by atoms with Crippen molar-refractivity contribution in [2.24, 2.45) is 0 Å². The molecule has 0 amide bonds. The lowest BCUT2D eigenvalue weighted by Crippen LogP contribution is -2.08. The maximum Gasteiger partial charge on any atom is 0.357 e. The fourth-order valence-electron chi connectivity index (χ4n) is 1.82. The lowest BCUT2D eigenvalue weighted by molar-refractivity contribution is -0.134. The average molecular weight is 291 g/mol. The molecule has 0 aliphatic carbocycles. The molecule has 7 heteroatoms. The number of furan rings is 1. The van der Waals surface area contributed by atoms with Gasteiger partial charge in [0.2, 0.25) is 5.71 Å². The van der Waals surface area contributed by atoms with E-state index in [2.05, 4.69) is 14.5 Å². The minimum Gasteiger partial charge on any atom is -0.495 e. The van der Waals surface area contributed by atoms with Gasteiger partial charge in [0.15, 0.2) is 5.69 Å². The standard InChI is InChI=1S/C14H13NO6/c1-18-10(16)5-4-8-11(14(17)20-3)15-13-9(6-7-21-13)12(8)19-2/h4-7H,1-3H3. The highest BCUT2D eigenvalue weighted by Gasteiger charge is 2.21. The van der Waals surface area contributed by atoms with Gasteiger partial charge in [0.25, 0.3) is 0 Å². The molecule has 0 aliphatic heterocycles. The molecule has 0 unspecified atom stereocenters. The number of fused-ring (bicyclic) bond motifs is 1. The number of hydrogen-bond acceptors (Lipinski definition) is 7. The first kappa shape index (κ1) is 14.6. The normalized spacial score (nSPS) is 10.8. The van der Waals surface area contributed by atoms with Gasteiger partial charge in [-0.15, -0.1) is 0 Å². The van der Waals surface area contributed by atoms with Crippen molar-refractivity contribution in [3.8, 4) is 5.75 Å². The summed E-state index contributed by atoms with van der Waals surface area (Å²) >= 11 is 0. The molecular weight excluding hydrogens is 278 g/mol. The van der Waals surface area contributed by atoms with E-state index >= 15 is 0 Å². The van der Waals surface area contributed by atoms with Crippen molar-refractivity contribution in [2.45, 2.75) is 0 Å². The number of nitrogens with zero attached hydrogens (tertiary/aromatic N) is 1. The Hall–Kier alpha value is -2.83. The highest BCUT2D eigenvalue weighted by atomic mass is 16.5. The van der Waals surface area contributed by atoms with Gasteiger partial charge < -0.3 is 18.6 Å². The molecule has 0 aliphatic rings. The van der Waals surface area contributed by atoms with Crippen molar-refractivity contribution in [2.75, 3.05) is 21.3 Å². The van der Waals surface area contributed by atoms with E-state index in [1.165, 1.54) is 33.7 Å². The van der Waals surface area contributed by atoms with Crippen molar-refractivity contribution in [3.05, 3.63) is 29.7 Å². The Morgan fingerprint density at radius 2 is 2.00 bits per heavy atom. The molecule has 2 aromatic rings. The number of pyridine rings is 1. The molecule has 0 saturated carbocycles. The van der Waals surface area contributed by atoms with E-state index in [-0.39, 0.29) is 11.4 Å². The summed E-state index contributed by atoms with van der Waals surface area (Å²) < 4.78 is 19.7. The Morgan fingerprint density at radius 1 is 1.24 bits per heavy atom. The molecule has 2 aromatic heterocycles. The zero-order chi connectivity index (χ0) is 15.4. The van der Waals surface area contributed by atoms with Crippen LogP contribution in [0, 0.1) is 0 Å². The number of methoxy groups -OCH3 is 3. The molecule has 2 rings (SSSR count). The third-order valence-corrected chi connectivity index (χ3v) is 2.77. The maximum absolute atomic E-state index is 11.9. The topological polar surface area (TPSA) is 87.9 Å². The summed E-state index contributed by atoms with van der Waals surface area (Å²) in [7, 11) is 3.93. The van der Waals surface area contributed by atoms with Crippen molar-refractivity contribution in [3.63, 3.8) is 0 Å². The quantitative estimate of drug-likeness (QED) is 0.627. The zero-order valence-corrected chi connectivity index (χ0v) is 11.7. The molecule has 0 spiro atoms.